The Bertz CT molecular complexity index is 1140. The number of aryl methyl sites for hydroxylation is 1. The molecule has 1 aliphatic heterocycles. The first-order chi connectivity index (χ1) is 15.6. The molecular weight excluding hydrogens is 449 g/mol. The van der Waals surface area contributed by atoms with Crippen LogP contribution >= 0.6 is 23.2 Å². The van der Waals surface area contributed by atoms with Gasteiger partial charge in [0, 0.05) is 52.6 Å². The van der Waals surface area contributed by atoms with Crippen molar-refractivity contribution in [2.24, 2.45) is 0 Å². The molecule has 4 rings (SSSR count). The van der Waals surface area contributed by atoms with Crippen LogP contribution in [0.2, 0.25) is 10.0 Å². The molecule has 1 saturated heterocycles. The SMILES string of the molecule is N#CCCCn1c(C(=O)N2CCOCC2)cc2cc(OCc3c(Cl)cccc3Cl)ccc21. The Balaban J connectivity index is 1.62. The normalized spacial score (nSPS) is 13.8. The maximum absolute atomic E-state index is 13.2. The Morgan fingerprint density at radius 1 is 1.12 bits per heavy atom. The zero-order valence-corrected chi connectivity index (χ0v) is 19.0. The number of nitriles is 1. The van der Waals surface area contributed by atoms with Gasteiger partial charge in [-0.25, -0.2) is 0 Å². The van der Waals surface area contributed by atoms with E-state index >= 15 is 0 Å². The van der Waals surface area contributed by atoms with E-state index in [-0.39, 0.29) is 12.5 Å². The number of hydrogen-bond donors (Lipinski definition) is 0. The first-order valence-corrected chi connectivity index (χ1v) is 11.3. The highest BCUT2D eigenvalue weighted by Gasteiger charge is 2.23. The number of benzene rings is 2. The third kappa shape index (κ3) is 4.86. The first kappa shape index (κ1) is 22.5. The number of amides is 1. The summed E-state index contributed by atoms with van der Waals surface area (Å²) in [7, 11) is 0. The van der Waals surface area contributed by atoms with Crippen LogP contribution < -0.4 is 4.74 Å². The molecule has 0 bridgehead atoms. The molecule has 2 heterocycles. The lowest BCUT2D eigenvalue weighted by Crippen LogP contribution is -2.41. The minimum absolute atomic E-state index is 0.0215. The molecule has 1 aromatic heterocycles. The van der Waals surface area contributed by atoms with E-state index in [1.54, 1.807) is 18.2 Å². The Morgan fingerprint density at radius 3 is 2.59 bits per heavy atom. The number of ether oxygens (including phenoxy) is 2. The fourth-order valence-corrected chi connectivity index (χ4v) is 4.33. The van der Waals surface area contributed by atoms with Gasteiger partial charge in [-0.15, -0.1) is 0 Å². The van der Waals surface area contributed by atoms with E-state index in [9.17, 15) is 4.79 Å². The molecule has 3 aromatic rings. The average molecular weight is 472 g/mol. The van der Waals surface area contributed by atoms with E-state index in [1.807, 2.05) is 33.7 Å². The molecule has 0 radical (unpaired) electrons. The topological polar surface area (TPSA) is 67.5 Å². The predicted octanol–water partition coefficient (Wildman–Crippen LogP) is 5.30. The number of nitrogens with zero attached hydrogens (tertiary/aromatic N) is 3. The number of aromatic nitrogens is 1. The van der Waals surface area contributed by atoms with Gasteiger partial charge in [0.1, 0.15) is 18.1 Å². The van der Waals surface area contributed by atoms with E-state index in [1.165, 1.54) is 0 Å². The molecule has 2 aromatic carbocycles. The summed E-state index contributed by atoms with van der Waals surface area (Å²) in [6.45, 7) is 3.08. The van der Waals surface area contributed by atoms with Crippen LogP contribution in [-0.4, -0.2) is 41.7 Å². The third-order valence-corrected chi connectivity index (χ3v) is 6.21. The van der Waals surface area contributed by atoms with E-state index in [4.69, 9.17) is 37.9 Å². The molecule has 0 aliphatic carbocycles. The van der Waals surface area contributed by atoms with Gasteiger partial charge in [-0.05, 0) is 42.8 Å². The van der Waals surface area contributed by atoms with Crippen LogP contribution in [0.1, 0.15) is 28.9 Å². The molecule has 0 unspecified atom stereocenters. The van der Waals surface area contributed by atoms with Crippen molar-refractivity contribution >= 4 is 40.0 Å². The van der Waals surface area contributed by atoms with Crippen LogP contribution in [0.25, 0.3) is 10.9 Å². The van der Waals surface area contributed by atoms with Crippen LogP contribution in [0.4, 0.5) is 0 Å². The van der Waals surface area contributed by atoms with E-state index in [0.717, 1.165) is 16.5 Å². The number of rotatable bonds is 7. The fourth-order valence-electron chi connectivity index (χ4n) is 3.83. The monoisotopic (exact) mass is 471 g/mol. The molecule has 6 nitrogen and oxygen atoms in total. The molecule has 1 fully saturated rings. The van der Waals surface area contributed by atoms with Crippen LogP contribution in [0.5, 0.6) is 5.75 Å². The van der Waals surface area contributed by atoms with Gasteiger partial charge in [0.05, 0.1) is 19.3 Å². The van der Waals surface area contributed by atoms with Crippen molar-refractivity contribution in [2.45, 2.75) is 26.0 Å². The molecule has 8 heteroatoms. The molecule has 0 atom stereocenters. The summed E-state index contributed by atoms with van der Waals surface area (Å²) in [5, 5.41) is 11.0. The number of halogens is 2. The number of carbonyl (C=O) groups excluding carboxylic acids is 1. The minimum Gasteiger partial charge on any atom is -0.489 e. The maximum atomic E-state index is 13.2. The summed E-state index contributed by atoms with van der Waals surface area (Å²) in [5.41, 5.74) is 2.28. The summed E-state index contributed by atoms with van der Waals surface area (Å²) in [6, 6.07) is 15.2. The van der Waals surface area contributed by atoms with Crippen molar-refractivity contribution in [1.29, 1.82) is 5.26 Å². The molecule has 0 N–H and O–H groups in total. The molecule has 1 aliphatic rings. The highest BCUT2D eigenvalue weighted by molar-refractivity contribution is 6.35. The number of carbonyl (C=O) groups is 1. The number of unbranched alkanes of at least 4 members (excludes halogenated alkanes) is 1. The predicted molar refractivity (Wildman–Crippen MR) is 124 cm³/mol. The molecule has 0 spiro atoms. The summed E-state index contributed by atoms with van der Waals surface area (Å²) < 4.78 is 13.3. The van der Waals surface area contributed by atoms with E-state index in [2.05, 4.69) is 6.07 Å². The number of morpholine rings is 1. The zero-order chi connectivity index (χ0) is 22.5. The second-order valence-electron chi connectivity index (χ2n) is 7.56. The standard InChI is InChI=1S/C24H23Cl2N3O3/c25-20-4-3-5-21(26)19(20)16-32-18-6-7-22-17(14-18)15-23(29(22)9-2-1-8-27)24(30)28-10-12-31-13-11-28/h3-7,14-15H,1-2,9-13,16H2. The van der Waals surface area contributed by atoms with Crippen LogP contribution in [0.15, 0.2) is 42.5 Å². The van der Waals surface area contributed by atoms with Crippen LogP contribution in [0, 0.1) is 11.3 Å². The Morgan fingerprint density at radius 2 is 1.88 bits per heavy atom. The largest absolute Gasteiger partial charge is 0.489 e. The van der Waals surface area contributed by atoms with Crippen LogP contribution in [0.3, 0.4) is 0 Å². The lowest BCUT2D eigenvalue weighted by Gasteiger charge is -2.27. The van der Waals surface area contributed by atoms with Gasteiger partial charge in [0.25, 0.3) is 5.91 Å². The number of fused-ring (bicyclic) bond motifs is 1. The van der Waals surface area contributed by atoms with Crippen molar-refractivity contribution < 1.29 is 14.3 Å². The molecule has 0 saturated carbocycles. The summed E-state index contributed by atoms with van der Waals surface area (Å²) >= 11 is 12.5. The van der Waals surface area contributed by atoms with E-state index in [0.29, 0.717) is 67.2 Å². The van der Waals surface area contributed by atoms with Gasteiger partial charge >= 0.3 is 0 Å². The fraction of sp³-hybridized carbons (Fsp3) is 0.333. The van der Waals surface area contributed by atoms with Crippen LogP contribution in [-0.2, 0) is 17.9 Å². The Labute approximate surface area is 196 Å². The molecule has 1 amide bonds. The molecular formula is C24H23Cl2N3O3. The van der Waals surface area contributed by atoms with Gasteiger partial charge in [-0.2, -0.15) is 5.26 Å². The summed E-state index contributed by atoms with van der Waals surface area (Å²) in [5.74, 6) is 0.639. The Kier molecular flexibility index (Phi) is 7.21. The Hall–Kier alpha value is -2.72. The van der Waals surface area contributed by atoms with Gasteiger partial charge in [-0.1, -0.05) is 29.3 Å². The van der Waals surface area contributed by atoms with Gasteiger partial charge in [-0.3, -0.25) is 4.79 Å². The van der Waals surface area contributed by atoms with Gasteiger partial charge in [0.2, 0.25) is 0 Å². The first-order valence-electron chi connectivity index (χ1n) is 10.5. The number of hydrogen-bond acceptors (Lipinski definition) is 4. The second-order valence-corrected chi connectivity index (χ2v) is 8.37. The quantitative estimate of drug-likeness (QED) is 0.438. The highest BCUT2D eigenvalue weighted by atomic mass is 35.5. The van der Waals surface area contributed by atoms with Crippen molar-refractivity contribution in [1.82, 2.24) is 9.47 Å². The second kappa shape index (κ2) is 10.3. The third-order valence-electron chi connectivity index (χ3n) is 5.51. The minimum atomic E-state index is -0.0215. The van der Waals surface area contributed by atoms with Crippen molar-refractivity contribution in [3.63, 3.8) is 0 Å². The molecule has 32 heavy (non-hydrogen) atoms. The van der Waals surface area contributed by atoms with E-state index < -0.39 is 0 Å². The summed E-state index contributed by atoms with van der Waals surface area (Å²) in [4.78, 5) is 15.0. The lowest BCUT2D eigenvalue weighted by molar-refractivity contribution is 0.0296. The highest BCUT2D eigenvalue weighted by Crippen LogP contribution is 2.29. The maximum Gasteiger partial charge on any atom is 0.270 e. The van der Waals surface area contributed by atoms with Gasteiger partial charge in [0.15, 0.2) is 0 Å². The molecule has 166 valence electrons. The van der Waals surface area contributed by atoms with Gasteiger partial charge < -0.3 is 18.9 Å². The van der Waals surface area contributed by atoms with Crippen molar-refractivity contribution in [3.05, 3.63) is 63.8 Å². The summed E-state index contributed by atoms with van der Waals surface area (Å²) in [6.07, 6.45) is 1.11. The zero-order valence-electron chi connectivity index (χ0n) is 17.5. The van der Waals surface area contributed by atoms with Crippen molar-refractivity contribution in [3.8, 4) is 11.8 Å². The lowest BCUT2D eigenvalue weighted by atomic mass is 10.2. The average Bonchev–Trinajstić information content (AvgIpc) is 3.17. The van der Waals surface area contributed by atoms with Crippen molar-refractivity contribution in [2.75, 3.05) is 26.3 Å². The smallest absolute Gasteiger partial charge is 0.270 e.